The van der Waals surface area contributed by atoms with Crippen molar-refractivity contribution in [2.45, 2.75) is 13.8 Å². The molecule has 4 N–H and O–H groups in total. The maximum Gasteiger partial charge on any atom is 0.330 e. The second kappa shape index (κ2) is 11.9. The molecule has 0 unspecified atom stereocenters. The lowest BCUT2D eigenvalue weighted by Gasteiger charge is -1.79. The summed E-state index contributed by atoms with van der Waals surface area (Å²) in [6.07, 6.45) is 0.250. The number of carbonyl (C=O) groups is 3. The van der Waals surface area contributed by atoms with Gasteiger partial charge >= 0.3 is 11.9 Å². The first-order valence-corrected chi connectivity index (χ1v) is 3.63. The highest BCUT2D eigenvalue weighted by molar-refractivity contribution is 5.85. The van der Waals surface area contributed by atoms with E-state index < -0.39 is 11.9 Å². The fourth-order valence-electron chi connectivity index (χ4n) is 0. The van der Waals surface area contributed by atoms with Gasteiger partial charge in [0, 0.05) is 11.1 Å². The molecule has 15 heavy (non-hydrogen) atoms. The van der Waals surface area contributed by atoms with Gasteiger partial charge in [-0.15, -0.1) is 0 Å². The maximum atomic E-state index is 9.60. The summed E-state index contributed by atoms with van der Waals surface area (Å²) >= 11 is 0. The normalized spacial score (nSPS) is 6.80. The van der Waals surface area contributed by atoms with Crippen LogP contribution in [0.25, 0.3) is 0 Å². The molecule has 0 aromatic rings. The fourth-order valence-corrected chi connectivity index (χ4v) is 0. The van der Waals surface area contributed by atoms with E-state index in [1.165, 1.54) is 13.8 Å². The van der Waals surface area contributed by atoms with Gasteiger partial charge in [0.25, 0.3) is 0 Å². The number of primary amides is 1. The number of carboxylic acids is 2. The predicted molar refractivity (Wildman–Crippen MR) is 55.2 cm³/mol. The van der Waals surface area contributed by atoms with E-state index in [9.17, 15) is 9.59 Å². The summed E-state index contributed by atoms with van der Waals surface area (Å²) in [5.41, 5.74) is 4.52. The van der Waals surface area contributed by atoms with Crippen LogP contribution in [0.2, 0.25) is 0 Å². The van der Waals surface area contributed by atoms with Gasteiger partial charge in [-0.2, -0.15) is 0 Å². The number of hydrogen-bond donors (Lipinski definition) is 3. The lowest BCUT2D eigenvalue weighted by molar-refractivity contribution is -0.133. The first kappa shape index (κ1) is 18.6. The summed E-state index contributed by atoms with van der Waals surface area (Å²) in [5.74, 6) is -1.87. The van der Waals surface area contributed by atoms with Gasteiger partial charge in [0.05, 0.1) is 0 Å². The number of amides is 1. The molecule has 0 fully saturated rings. The number of rotatable bonds is 2. The van der Waals surface area contributed by atoms with E-state index in [-0.39, 0.29) is 17.6 Å². The van der Waals surface area contributed by atoms with Crippen LogP contribution >= 0.6 is 0 Å². The van der Waals surface area contributed by atoms with E-state index in [0.29, 0.717) is 0 Å². The van der Waals surface area contributed by atoms with Crippen molar-refractivity contribution >= 4 is 18.3 Å². The van der Waals surface area contributed by atoms with E-state index in [1.54, 1.807) is 0 Å². The van der Waals surface area contributed by atoms with Crippen LogP contribution in [0.3, 0.4) is 0 Å². The first-order chi connectivity index (χ1) is 6.70. The Bertz CT molecular complexity index is 209. The number of aliphatic carboxylic acids is 2. The quantitative estimate of drug-likeness (QED) is 0.457. The largest absolute Gasteiger partial charge is 0.478 e. The molecule has 6 heteroatoms. The molecule has 0 saturated carbocycles. The minimum Gasteiger partial charge on any atom is -0.478 e. The molecule has 6 nitrogen and oxygen atoms in total. The highest BCUT2D eigenvalue weighted by atomic mass is 16.4. The molecule has 0 radical (unpaired) electrons. The molecule has 86 valence electrons. The van der Waals surface area contributed by atoms with Crippen molar-refractivity contribution in [2.75, 3.05) is 0 Å². The first-order valence-electron chi connectivity index (χ1n) is 3.63. The minimum absolute atomic E-state index is 0.176. The highest BCUT2D eigenvalue weighted by Gasteiger charge is 1.90. The summed E-state index contributed by atoms with van der Waals surface area (Å²) in [6.45, 7) is 9.20. The molecular weight excluding hydrogens is 202 g/mol. The molecule has 0 heterocycles. The van der Waals surface area contributed by atoms with Crippen molar-refractivity contribution in [1.82, 2.24) is 0 Å². The zero-order valence-corrected chi connectivity index (χ0v) is 8.69. The zero-order chi connectivity index (χ0) is 13.0. The summed E-state index contributed by atoms with van der Waals surface area (Å²) in [4.78, 5) is 27.8. The summed E-state index contributed by atoms with van der Waals surface area (Å²) in [5, 5.41) is 15.8. The van der Waals surface area contributed by atoms with E-state index >= 15 is 0 Å². The van der Waals surface area contributed by atoms with Crippen LogP contribution in [-0.4, -0.2) is 28.6 Å². The van der Waals surface area contributed by atoms with Crippen LogP contribution in [0.4, 0.5) is 0 Å². The second-order valence-electron chi connectivity index (χ2n) is 2.31. The summed E-state index contributed by atoms with van der Waals surface area (Å²) in [7, 11) is 0. The Labute approximate surface area is 87.7 Å². The predicted octanol–water partition coefficient (Wildman–Crippen LogP) is 0.396. The van der Waals surface area contributed by atoms with Gasteiger partial charge in [-0.05, 0) is 13.8 Å². The van der Waals surface area contributed by atoms with Crippen molar-refractivity contribution in [3.8, 4) is 0 Å². The lowest BCUT2D eigenvalue weighted by Crippen LogP contribution is -1.92. The molecule has 1 amide bonds. The van der Waals surface area contributed by atoms with Crippen LogP contribution < -0.4 is 5.73 Å². The molecule has 0 bridgehead atoms. The lowest BCUT2D eigenvalue weighted by atomic mass is 10.4. The molecule has 0 aromatic heterocycles. The number of hydrogen-bond acceptors (Lipinski definition) is 3. The van der Waals surface area contributed by atoms with E-state index in [0.717, 1.165) is 0 Å². The van der Waals surface area contributed by atoms with Gasteiger partial charge in [-0.3, -0.25) is 4.79 Å². The van der Waals surface area contributed by atoms with Crippen LogP contribution in [0.1, 0.15) is 13.8 Å². The van der Waals surface area contributed by atoms with Crippen molar-refractivity contribution in [1.29, 1.82) is 0 Å². The Morgan fingerprint density at radius 2 is 1.13 bits per heavy atom. The second-order valence-corrected chi connectivity index (χ2v) is 2.31. The van der Waals surface area contributed by atoms with E-state index in [2.05, 4.69) is 18.9 Å². The summed E-state index contributed by atoms with van der Waals surface area (Å²) in [6, 6.07) is 0. The topological polar surface area (TPSA) is 118 Å². The third-order valence-electron chi connectivity index (χ3n) is 0.730. The van der Waals surface area contributed by atoms with E-state index in [4.69, 9.17) is 15.0 Å². The van der Waals surface area contributed by atoms with Crippen molar-refractivity contribution in [3.05, 3.63) is 24.3 Å². The smallest absolute Gasteiger partial charge is 0.330 e. The molecule has 0 atom stereocenters. The number of nitrogens with two attached hydrogens (primary N) is 1. The van der Waals surface area contributed by atoms with Crippen LogP contribution in [0.15, 0.2) is 24.3 Å². The summed E-state index contributed by atoms with van der Waals surface area (Å²) < 4.78 is 0. The Hall–Kier alpha value is -2.11. The van der Waals surface area contributed by atoms with Gasteiger partial charge in [0.2, 0.25) is 6.41 Å². The van der Waals surface area contributed by atoms with Gasteiger partial charge in [0.1, 0.15) is 0 Å². The molecule has 0 aliphatic carbocycles. The highest BCUT2D eigenvalue weighted by Crippen LogP contribution is 1.81. The van der Waals surface area contributed by atoms with Crippen molar-refractivity contribution in [2.24, 2.45) is 5.73 Å². The van der Waals surface area contributed by atoms with Crippen molar-refractivity contribution < 1.29 is 24.6 Å². The zero-order valence-electron chi connectivity index (χ0n) is 8.69. The monoisotopic (exact) mass is 217 g/mol. The average Bonchev–Trinajstić information content (AvgIpc) is 2.06. The van der Waals surface area contributed by atoms with Gasteiger partial charge in [-0.25, -0.2) is 9.59 Å². The SMILES string of the molecule is C=C(C)C(=O)O.C=C(C)C(=O)O.NC=O. The third kappa shape index (κ3) is 33.5. The van der Waals surface area contributed by atoms with Gasteiger partial charge in [0.15, 0.2) is 0 Å². The maximum absolute atomic E-state index is 9.60. The molecule has 0 aliphatic heterocycles. The average molecular weight is 217 g/mol. The number of carboxylic acid groups (broad SMARTS) is 2. The van der Waals surface area contributed by atoms with Crippen LogP contribution in [0.5, 0.6) is 0 Å². The van der Waals surface area contributed by atoms with E-state index in [1.807, 2.05) is 0 Å². The Kier molecular flexibility index (Phi) is 14.8. The Balaban J connectivity index is -0.000000153. The molecular formula is C9H15NO5. The minimum atomic E-state index is -0.935. The molecule has 0 rings (SSSR count). The Morgan fingerprint density at radius 3 is 1.13 bits per heavy atom. The molecule has 0 aromatic carbocycles. The molecule has 0 saturated heterocycles. The van der Waals surface area contributed by atoms with Crippen LogP contribution in [-0.2, 0) is 14.4 Å². The standard InChI is InChI=1S/2C4H6O2.CH3NO/c2*1-3(2)4(5)6;2-1-3/h2*1H2,2H3,(H,5,6);1H,(H2,2,3). The Morgan fingerprint density at radius 1 is 1.07 bits per heavy atom. The molecule has 0 spiro atoms. The third-order valence-corrected chi connectivity index (χ3v) is 0.730. The number of carbonyl (C=O) groups excluding carboxylic acids is 1. The molecule has 0 aliphatic rings. The van der Waals surface area contributed by atoms with Crippen LogP contribution in [0, 0.1) is 0 Å². The van der Waals surface area contributed by atoms with Crippen molar-refractivity contribution in [3.63, 3.8) is 0 Å². The van der Waals surface area contributed by atoms with Gasteiger partial charge in [-0.1, -0.05) is 13.2 Å². The fraction of sp³-hybridized carbons (Fsp3) is 0.222. The van der Waals surface area contributed by atoms with Gasteiger partial charge < -0.3 is 15.9 Å².